The Balaban J connectivity index is 2.22. The second-order valence-corrected chi connectivity index (χ2v) is 4.80. The highest BCUT2D eigenvalue weighted by atomic mass is 15.3. The van der Waals surface area contributed by atoms with Gasteiger partial charge in [0.05, 0.1) is 0 Å². The molecule has 0 aromatic carbocycles. The van der Waals surface area contributed by atoms with E-state index in [-0.39, 0.29) is 0 Å². The van der Waals surface area contributed by atoms with Crippen LogP contribution in [0.1, 0.15) is 45.4 Å². The van der Waals surface area contributed by atoms with Crippen molar-refractivity contribution in [1.82, 2.24) is 9.97 Å². The van der Waals surface area contributed by atoms with Crippen LogP contribution in [0.2, 0.25) is 0 Å². The van der Waals surface area contributed by atoms with Gasteiger partial charge in [-0.1, -0.05) is 20.3 Å². The third-order valence-corrected chi connectivity index (χ3v) is 3.26. The van der Waals surface area contributed by atoms with Gasteiger partial charge in [0.15, 0.2) is 0 Å². The summed E-state index contributed by atoms with van der Waals surface area (Å²) < 4.78 is 0. The zero-order valence-corrected chi connectivity index (χ0v) is 11.3. The van der Waals surface area contributed by atoms with Crippen LogP contribution in [0.15, 0.2) is 6.07 Å². The number of hydrazine groups is 1. The Morgan fingerprint density at radius 1 is 1.39 bits per heavy atom. The lowest BCUT2D eigenvalue weighted by molar-refractivity contribution is 0.700. The average Bonchev–Trinajstić information content (AvgIpc) is 3.23. The van der Waals surface area contributed by atoms with E-state index in [1.165, 1.54) is 25.7 Å². The smallest absolute Gasteiger partial charge is 0.145 e. The van der Waals surface area contributed by atoms with Gasteiger partial charge in [0.1, 0.15) is 17.5 Å². The first-order valence-corrected chi connectivity index (χ1v) is 6.89. The Hall–Kier alpha value is -1.36. The lowest BCUT2D eigenvalue weighted by Crippen LogP contribution is -2.28. The first kappa shape index (κ1) is 13.1. The molecule has 5 heteroatoms. The molecule has 100 valence electrons. The van der Waals surface area contributed by atoms with E-state index in [1.54, 1.807) is 0 Å². The van der Waals surface area contributed by atoms with Gasteiger partial charge in [0.25, 0.3) is 0 Å². The summed E-state index contributed by atoms with van der Waals surface area (Å²) in [4.78, 5) is 11.4. The van der Waals surface area contributed by atoms with Gasteiger partial charge in [-0.05, 0) is 19.3 Å². The number of rotatable bonds is 7. The molecule has 0 bridgehead atoms. The topological polar surface area (TPSA) is 67.1 Å². The maximum Gasteiger partial charge on any atom is 0.145 e. The molecule has 2 rings (SSSR count). The van der Waals surface area contributed by atoms with Crippen LogP contribution < -0.4 is 16.2 Å². The third-order valence-electron chi connectivity index (χ3n) is 3.26. The van der Waals surface area contributed by atoms with Gasteiger partial charge < -0.3 is 10.3 Å². The maximum absolute atomic E-state index is 5.48. The van der Waals surface area contributed by atoms with Crippen LogP contribution in [0, 0.1) is 0 Å². The molecule has 3 N–H and O–H groups in total. The normalized spacial score (nSPS) is 14.6. The highest BCUT2D eigenvalue weighted by molar-refractivity contribution is 5.50. The second kappa shape index (κ2) is 6.00. The zero-order chi connectivity index (χ0) is 13.0. The fourth-order valence-electron chi connectivity index (χ4n) is 2.06. The SMILES string of the molecule is CCCCN(c1cc(NN)nc(CC)n1)C1CC1. The monoisotopic (exact) mass is 249 g/mol. The fourth-order valence-corrected chi connectivity index (χ4v) is 2.06. The molecule has 1 saturated carbocycles. The number of nitrogens with one attached hydrogen (secondary N) is 1. The van der Waals surface area contributed by atoms with Crippen LogP contribution in [0.3, 0.4) is 0 Å². The van der Waals surface area contributed by atoms with Crippen LogP contribution in [0.25, 0.3) is 0 Å². The van der Waals surface area contributed by atoms with Crippen molar-refractivity contribution < 1.29 is 0 Å². The summed E-state index contributed by atoms with van der Waals surface area (Å²) in [6.45, 7) is 5.35. The molecule has 0 aliphatic heterocycles. The van der Waals surface area contributed by atoms with E-state index < -0.39 is 0 Å². The van der Waals surface area contributed by atoms with E-state index in [1.807, 2.05) is 6.07 Å². The molecule has 0 atom stereocenters. The number of hydrogen-bond acceptors (Lipinski definition) is 5. The van der Waals surface area contributed by atoms with Crippen molar-refractivity contribution in [3.63, 3.8) is 0 Å². The summed E-state index contributed by atoms with van der Waals surface area (Å²) in [5, 5.41) is 0. The quantitative estimate of drug-likeness (QED) is 0.572. The first-order valence-electron chi connectivity index (χ1n) is 6.89. The molecule has 1 aliphatic rings. The highest BCUT2D eigenvalue weighted by Crippen LogP contribution is 2.31. The molecule has 1 heterocycles. The summed E-state index contributed by atoms with van der Waals surface area (Å²) in [7, 11) is 0. The summed E-state index contributed by atoms with van der Waals surface area (Å²) in [6.07, 6.45) is 5.79. The van der Waals surface area contributed by atoms with Crippen molar-refractivity contribution in [1.29, 1.82) is 0 Å². The molecule has 1 aromatic heterocycles. The first-order chi connectivity index (χ1) is 8.78. The van der Waals surface area contributed by atoms with Gasteiger partial charge in [-0.15, -0.1) is 0 Å². The van der Waals surface area contributed by atoms with Crippen LogP contribution in [-0.4, -0.2) is 22.6 Å². The molecule has 5 nitrogen and oxygen atoms in total. The Morgan fingerprint density at radius 2 is 2.17 bits per heavy atom. The molecule has 18 heavy (non-hydrogen) atoms. The number of unbranched alkanes of at least 4 members (excludes halogenated alkanes) is 1. The molecule has 1 aliphatic carbocycles. The largest absolute Gasteiger partial charge is 0.353 e. The molecule has 1 fully saturated rings. The molecular formula is C13H23N5. The predicted molar refractivity (Wildman–Crippen MR) is 74.5 cm³/mol. The second-order valence-electron chi connectivity index (χ2n) is 4.80. The van der Waals surface area contributed by atoms with Crippen molar-refractivity contribution in [2.24, 2.45) is 5.84 Å². The van der Waals surface area contributed by atoms with Crippen molar-refractivity contribution in [2.75, 3.05) is 16.9 Å². The number of aryl methyl sites for hydroxylation is 1. The summed E-state index contributed by atoms with van der Waals surface area (Å²) >= 11 is 0. The Labute approximate surface area is 109 Å². The van der Waals surface area contributed by atoms with Gasteiger partial charge in [0, 0.05) is 25.1 Å². The van der Waals surface area contributed by atoms with E-state index in [2.05, 4.69) is 34.1 Å². The zero-order valence-electron chi connectivity index (χ0n) is 11.3. The Morgan fingerprint density at radius 3 is 2.72 bits per heavy atom. The summed E-state index contributed by atoms with van der Waals surface area (Å²) in [6, 6.07) is 2.62. The number of hydrogen-bond donors (Lipinski definition) is 2. The van der Waals surface area contributed by atoms with Crippen molar-refractivity contribution in [3.05, 3.63) is 11.9 Å². The highest BCUT2D eigenvalue weighted by Gasteiger charge is 2.30. The van der Waals surface area contributed by atoms with Crippen LogP contribution in [0.5, 0.6) is 0 Å². The van der Waals surface area contributed by atoms with Gasteiger partial charge >= 0.3 is 0 Å². The molecular weight excluding hydrogens is 226 g/mol. The van der Waals surface area contributed by atoms with Gasteiger partial charge in [-0.2, -0.15) is 0 Å². The molecule has 0 saturated heterocycles. The minimum absolute atomic E-state index is 0.668. The van der Waals surface area contributed by atoms with Crippen LogP contribution >= 0.6 is 0 Å². The van der Waals surface area contributed by atoms with E-state index >= 15 is 0 Å². The third kappa shape index (κ3) is 3.10. The Kier molecular flexibility index (Phi) is 4.36. The van der Waals surface area contributed by atoms with Crippen molar-refractivity contribution in [2.45, 2.75) is 52.0 Å². The van der Waals surface area contributed by atoms with E-state index in [4.69, 9.17) is 5.84 Å². The minimum atomic E-state index is 0.668. The minimum Gasteiger partial charge on any atom is -0.353 e. The van der Waals surface area contributed by atoms with Gasteiger partial charge in [-0.3, -0.25) is 0 Å². The summed E-state index contributed by atoms with van der Waals surface area (Å²) in [5.41, 5.74) is 2.63. The van der Waals surface area contributed by atoms with E-state index in [0.717, 1.165) is 24.6 Å². The standard InChI is InChI=1S/C13H23N5/c1-3-5-8-18(10-6-7-10)13-9-12(17-14)15-11(4-2)16-13/h9-10H,3-8,14H2,1-2H3,(H,15,16,17). The molecule has 0 amide bonds. The predicted octanol–water partition coefficient (Wildman–Crippen LogP) is 2.09. The lowest BCUT2D eigenvalue weighted by Gasteiger charge is -2.24. The molecule has 0 unspecified atom stereocenters. The van der Waals surface area contributed by atoms with Gasteiger partial charge in [-0.25, -0.2) is 15.8 Å². The molecule has 0 radical (unpaired) electrons. The average molecular weight is 249 g/mol. The Bertz CT molecular complexity index is 367. The number of aromatic nitrogens is 2. The van der Waals surface area contributed by atoms with Crippen LogP contribution in [0.4, 0.5) is 11.6 Å². The number of nitrogen functional groups attached to an aromatic ring is 1. The fraction of sp³-hybridized carbons (Fsp3) is 0.692. The van der Waals surface area contributed by atoms with Crippen molar-refractivity contribution in [3.8, 4) is 0 Å². The van der Waals surface area contributed by atoms with Gasteiger partial charge in [0.2, 0.25) is 0 Å². The van der Waals surface area contributed by atoms with Crippen molar-refractivity contribution >= 4 is 11.6 Å². The van der Waals surface area contributed by atoms with E-state index in [9.17, 15) is 0 Å². The molecule has 1 aromatic rings. The van der Waals surface area contributed by atoms with E-state index in [0.29, 0.717) is 11.9 Å². The number of nitrogens with zero attached hydrogens (tertiary/aromatic N) is 3. The number of anilines is 2. The summed E-state index contributed by atoms with van der Waals surface area (Å²) in [5.74, 6) is 8.05. The van der Waals surface area contributed by atoms with Crippen LogP contribution in [-0.2, 0) is 6.42 Å². The molecule has 0 spiro atoms. The number of nitrogens with two attached hydrogens (primary N) is 1. The lowest BCUT2D eigenvalue weighted by atomic mass is 10.3. The maximum atomic E-state index is 5.48.